The summed E-state index contributed by atoms with van der Waals surface area (Å²) < 4.78 is 10.6. The number of benzene rings is 1. The molecule has 2 rings (SSSR count). The lowest BCUT2D eigenvalue weighted by atomic mass is 9.68. The first kappa shape index (κ1) is 12.9. The average molecular weight is 250 g/mol. The minimum Gasteiger partial charge on any atom is -0.497 e. The molecule has 1 atom stereocenters. The van der Waals surface area contributed by atoms with Gasteiger partial charge in [0.1, 0.15) is 5.75 Å². The van der Waals surface area contributed by atoms with Crippen molar-refractivity contribution in [1.82, 2.24) is 0 Å². The van der Waals surface area contributed by atoms with E-state index in [1.54, 1.807) is 7.11 Å². The van der Waals surface area contributed by atoms with Crippen LogP contribution in [0.5, 0.6) is 5.75 Å². The lowest BCUT2D eigenvalue weighted by Gasteiger charge is -2.46. The highest BCUT2D eigenvalue weighted by Gasteiger charge is 2.45. The second-order valence-corrected chi connectivity index (χ2v) is 4.88. The van der Waals surface area contributed by atoms with Crippen LogP contribution in [0.4, 0.5) is 0 Å². The Morgan fingerprint density at radius 2 is 2.28 bits per heavy atom. The molecule has 1 saturated heterocycles. The minimum absolute atomic E-state index is 0.0378. The van der Waals surface area contributed by atoms with E-state index >= 15 is 0 Å². The summed E-state index contributed by atoms with van der Waals surface area (Å²) in [7, 11) is 1.63. The number of methoxy groups -OCH3 is 1. The molecule has 0 bridgehead atoms. The molecule has 0 saturated carbocycles. The fourth-order valence-electron chi connectivity index (χ4n) is 2.45. The van der Waals surface area contributed by atoms with E-state index in [1.165, 1.54) is 0 Å². The average Bonchev–Trinajstić information content (AvgIpc) is 2.27. The van der Waals surface area contributed by atoms with Crippen LogP contribution < -0.4 is 4.74 Å². The quantitative estimate of drug-likeness (QED) is 0.869. The van der Waals surface area contributed by atoms with Gasteiger partial charge in [0, 0.05) is 11.8 Å². The highest BCUT2D eigenvalue weighted by atomic mass is 16.5. The van der Waals surface area contributed by atoms with Crippen LogP contribution in [0, 0.1) is 5.92 Å². The van der Waals surface area contributed by atoms with Gasteiger partial charge in [-0.05, 0) is 23.6 Å². The molecule has 1 aliphatic heterocycles. The molecular formula is C14H18O4. The Morgan fingerprint density at radius 3 is 2.78 bits per heavy atom. The van der Waals surface area contributed by atoms with E-state index in [2.05, 4.69) is 0 Å². The van der Waals surface area contributed by atoms with Gasteiger partial charge in [-0.25, -0.2) is 0 Å². The Morgan fingerprint density at radius 1 is 1.56 bits per heavy atom. The van der Waals surface area contributed by atoms with Crippen molar-refractivity contribution in [3.8, 4) is 5.75 Å². The summed E-state index contributed by atoms with van der Waals surface area (Å²) in [5.74, 6) is 0.0637. The first-order valence-corrected chi connectivity index (χ1v) is 6.02. The molecule has 0 aromatic heterocycles. The lowest BCUT2D eigenvalue weighted by Crippen LogP contribution is -2.52. The standard InChI is InChI=1S/C14H18O4/c1-10(6-13(15)16)14(8-18-9-14)11-4-3-5-12(7-11)17-2/h3-5,7,10H,6,8-9H2,1-2H3,(H,15,16). The highest BCUT2D eigenvalue weighted by molar-refractivity contribution is 5.67. The van der Waals surface area contributed by atoms with Gasteiger partial charge in [-0.1, -0.05) is 19.1 Å². The molecule has 18 heavy (non-hydrogen) atoms. The van der Waals surface area contributed by atoms with Crippen molar-refractivity contribution in [2.45, 2.75) is 18.8 Å². The van der Waals surface area contributed by atoms with Crippen LogP contribution in [-0.4, -0.2) is 31.4 Å². The van der Waals surface area contributed by atoms with Crippen molar-refractivity contribution < 1.29 is 19.4 Å². The number of aliphatic carboxylic acids is 1. The summed E-state index contributed by atoms with van der Waals surface area (Å²) >= 11 is 0. The smallest absolute Gasteiger partial charge is 0.303 e. The van der Waals surface area contributed by atoms with E-state index in [4.69, 9.17) is 14.6 Å². The molecule has 0 amide bonds. The van der Waals surface area contributed by atoms with Crippen LogP contribution in [0.15, 0.2) is 24.3 Å². The summed E-state index contributed by atoms with van der Waals surface area (Å²) in [6.45, 7) is 3.12. The fraction of sp³-hybridized carbons (Fsp3) is 0.500. The van der Waals surface area contributed by atoms with Crippen LogP contribution in [0.3, 0.4) is 0 Å². The molecule has 98 valence electrons. The normalized spacial score (nSPS) is 18.8. The molecule has 4 heteroatoms. The van der Waals surface area contributed by atoms with Crippen LogP contribution in [0.2, 0.25) is 0 Å². The van der Waals surface area contributed by atoms with Gasteiger partial charge in [-0.2, -0.15) is 0 Å². The van der Waals surface area contributed by atoms with Crippen molar-refractivity contribution >= 4 is 5.97 Å². The molecule has 4 nitrogen and oxygen atoms in total. The van der Waals surface area contributed by atoms with Gasteiger partial charge in [-0.15, -0.1) is 0 Å². The van der Waals surface area contributed by atoms with Gasteiger partial charge >= 0.3 is 5.97 Å². The molecule has 1 fully saturated rings. The minimum atomic E-state index is -0.767. The Balaban J connectivity index is 2.28. The SMILES string of the molecule is COc1cccc(C2(C(C)CC(=O)O)COC2)c1. The van der Waals surface area contributed by atoms with Crippen molar-refractivity contribution in [2.75, 3.05) is 20.3 Å². The third kappa shape index (κ3) is 2.20. The summed E-state index contributed by atoms with van der Waals surface area (Å²) in [4.78, 5) is 10.9. The predicted molar refractivity (Wildman–Crippen MR) is 66.9 cm³/mol. The van der Waals surface area contributed by atoms with Gasteiger partial charge in [0.05, 0.1) is 20.3 Å². The van der Waals surface area contributed by atoms with E-state index in [0.29, 0.717) is 13.2 Å². The third-order valence-corrected chi connectivity index (χ3v) is 3.79. The predicted octanol–water partition coefficient (Wildman–Crippen LogP) is 2.07. The number of hydrogen-bond donors (Lipinski definition) is 1. The summed E-state index contributed by atoms with van der Waals surface area (Å²) in [6.07, 6.45) is 0.153. The monoisotopic (exact) mass is 250 g/mol. The first-order valence-electron chi connectivity index (χ1n) is 6.02. The molecule has 1 aromatic rings. The molecule has 1 heterocycles. The zero-order valence-electron chi connectivity index (χ0n) is 10.7. The number of carboxylic acid groups (broad SMARTS) is 1. The fourth-order valence-corrected chi connectivity index (χ4v) is 2.45. The van der Waals surface area contributed by atoms with Gasteiger partial charge in [0.15, 0.2) is 0 Å². The van der Waals surface area contributed by atoms with Gasteiger partial charge in [0.2, 0.25) is 0 Å². The highest BCUT2D eigenvalue weighted by Crippen LogP contribution is 2.41. The molecule has 0 radical (unpaired) electrons. The van der Waals surface area contributed by atoms with Crippen LogP contribution in [0.25, 0.3) is 0 Å². The molecule has 1 N–H and O–H groups in total. The summed E-state index contributed by atoms with van der Waals surface area (Å²) in [5.41, 5.74) is 0.911. The van der Waals surface area contributed by atoms with Crippen LogP contribution >= 0.6 is 0 Å². The summed E-state index contributed by atoms with van der Waals surface area (Å²) in [5, 5.41) is 8.95. The molecular weight excluding hydrogens is 232 g/mol. The maximum atomic E-state index is 10.9. The number of carbonyl (C=O) groups is 1. The molecule has 1 unspecified atom stereocenters. The van der Waals surface area contributed by atoms with Crippen LogP contribution in [-0.2, 0) is 14.9 Å². The van der Waals surface area contributed by atoms with Gasteiger partial charge in [-0.3, -0.25) is 4.79 Å². The number of hydrogen-bond acceptors (Lipinski definition) is 3. The maximum absolute atomic E-state index is 10.9. The van der Waals surface area contributed by atoms with E-state index in [9.17, 15) is 4.79 Å². The number of rotatable bonds is 5. The van der Waals surface area contributed by atoms with E-state index in [1.807, 2.05) is 31.2 Å². The van der Waals surface area contributed by atoms with Crippen molar-refractivity contribution in [2.24, 2.45) is 5.92 Å². The molecule has 1 aromatic carbocycles. The first-order chi connectivity index (χ1) is 8.58. The third-order valence-electron chi connectivity index (χ3n) is 3.79. The summed E-state index contributed by atoms with van der Waals surface area (Å²) in [6, 6.07) is 7.81. The molecule has 0 aliphatic carbocycles. The van der Waals surface area contributed by atoms with Crippen molar-refractivity contribution in [1.29, 1.82) is 0 Å². The number of ether oxygens (including phenoxy) is 2. The topological polar surface area (TPSA) is 55.8 Å². The maximum Gasteiger partial charge on any atom is 0.303 e. The Labute approximate surface area is 107 Å². The van der Waals surface area contributed by atoms with Gasteiger partial charge < -0.3 is 14.6 Å². The molecule has 1 aliphatic rings. The van der Waals surface area contributed by atoms with Crippen molar-refractivity contribution in [3.05, 3.63) is 29.8 Å². The second-order valence-electron chi connectivity index (χ2n) is 4.88. The Bertz CT molecular complexity index is 437. The van der Waals surface area contributed by atoms with Crippen LogP contribution in [0.1, 0.15) is 18.9 Å². The molecule has 0 spiro atoms. The largest absolute Gasteiger partial charge is 0.497 e. The van der Waals surface area contributed by atoms with Gasteiger partial charge in [0.25, 0.3) is 0 Å². The van der Waals surface area contributed by atoms with Crippen molar-refractivity contribution in [3.63, 3.8) is 0 Å². The second kappa shape index (κ2) is 4.98. The lowest BCUT2D eigenvalue weighted by molar-refractivity contribution is -0.142. The Kier molecular flexibility index (Phi) is 3.57. The van der Waals surface area contributed by atoms with E-state index in [-0.39, 0.29) is 17.8 Å². The zero-order chi connectivity index (χ0) is 13.2. The van der Waals surface area contributed by atoms with E-state index in [0.717, 1.165) is 11.3 Å². The Hall–Kier alpha value is -1.55. The zero-order valence-corrected chi connectivity index (χ0v) is 10.7. The van der Waals surface area contributed by atoms with E-state index < -0.39 is 5.97 Å². The number of carboxylic acids is 1.